The molecule has 0 unspecified atom stereocenters. The lowest BCUT2D eigenvalue weighted by Crippen LogP contribution is -2.33. The summed E-state index contributed by atoms with van der Waals surface area (Å²) in [6, 6.07) is 30.4. The van der Waals surface area contributed by atoms with Gasteiger partial charge in [-0.1, -0.05) is 76.6 Å². The van der Waals surface area contributed by atoms with E-state index in [0.29, 0.717) is 23.6 Å². The van der Waals surface area contributed by atoms with Gasteiger partial charge in [-0.15, -0.1) is 0 Å². The second-order valence-electron chi connectivity index (χ2n) is 7.98. The molecule has 3 N–H and O–H groups in total. The number of benzene rings is 4. The smallest absolute Gasteiger partial charge is 0.329 e. The Morgan fingerprint density at radius 1 is 0.789 bits per heavy atom. The molecule has 0 aromatic heterocycles. The van der Waals surface area contributed by atoms with Crippen LogP contribution in [0.15, 0.2) is 113 Å². The second-order valence-corrected chi connectivity index (χ2v) is 8.89. The van der Waals surface area contributed by atoms with E-state index >= 15 is 0 Å². The van der Waals surface area contributed by atoms with E-state index in [1.54, 1.807) is 54.6 Å². The van der Waals surface area contributed by atoms with E-state index in [-0.39, 0.29) is 11.3 Å². The van der Waals surface area contributed by atoms with Crippen LogP contribution in [0.3, 0.4) is 0 Å². The van der Waals surface area contributed by atoms with Gasteiger partial charge in [0.1, 0.15) is 12.4 Å². The van der Waals surface area contributed by atoms with Crippen molar-refractivity contribution in [2.75, 3.05) is 10.6 Å². The Hall–Kier alpha value is -4.76. The van der Waals surface area contributed by atoms with Crippen molar-refractivity contribution in [2.24, 2.45) is 5.10 Å². The first kappa shape index (κ1) is 26.3. The van der Waals surface area contributed by atoms with Gasteiger partial charge in [0.2, 0.25) is 0 Å². The van der Waals surface area contributed by atoms with Crippen LogP contribution in [0.2, 0.25) is 0 Å². The Morgan fingerprint density at radius 3 is 2.24 bits per heavy atom. The average molecular weight is 571 g/mol. The summed E-state index contributed by atoms with van der Waals surface area (Å²) in [5, 5.41) is 9.13. The summed E-state index contributed by atoms with van der Waals surface area (Å²) in [7, 11) is 0. The molecule has 4 aromatic rings. The number of ether oxygens (including phenoxy) is 1. The number of nitrogens with zero attached hydrogens (tertiary/aromatic N) is 1. The first-order valence-electron chi connectivity index (χ1n) is 11.6. The van der Waals surface area contributed by atoms with Gasteiger partial charge in [-0.25, -0.2) is 5.43 Å². The fraction of sp³-hybridized carbons (Fsp3) is 0.0345. The highest BCUT2D eigenvalue weighted by Gasteiger charge is 2.18. The number of rotatable bonds is 8. The fourth-order valence-corrected chi connectivity index (χ4v) is 3.77. The minimum absolute atomic E-state index is 0.189. The summed E-state index contributed by atoms with van der Waals surface area (Å²) in [4.78, 5) is 37.6. The van der Waals surface area contributed by atoms with Crippen LogP contribution in [0.1, 0.15) is 21.5 Å². The highest BCUT2D eigenvalue weighted by Crippen LogP contribution is 2.23. The van der Waals surface area contributed by atoms with Crippen LogP contribution in [0, 0.1) is 0 Å². The maximum atomic E-state index is 12.7. The summed E-state index contributed by atoms with van der Waals surface area (Å²) >= 11 is 3.41. The Balaban J connectivity index is 1.38. The molecule has 0 radical (unpaired) electrons. The monoisotopic (exact) mass is 570 g/mol. The van der Waals surface area contributed by atoms with Gasteiger partial charge in [0.15, 0.2) is 0 Å². The van der Waals surface area contributed by atoms with Crippen molar-refractivity contribution in [1.82, 2.24) is 5.43 Å². The number of anilines is 2. The maximum Gasteiger partial charge on any atom is 0.329 e. The minimum atomic E-state index is -0.999. The molecule has 9 heteroatoms. The summed E-state index contributed by atoms with van der Waals surface area (Å²) in [6.45, 7) is 0.356. The molecular formula is C29H23BrN4O4. The van der Waals surface area contributed by atoms with E-state index in [1.165, 1.54) is 12.3 Å². The van der Waals surface area contributed by atoms with Gasteiger partial charge < -0.3 is 15.4 Å². The lowest BCUT2D eigenvalue weighted by molar-refractivity contribution is -0.136. The van der Waals surface area contributed by atoms with Crippen LogP contribution in [0.5, 0.6) is 5.75 Å². The van der Waals surface area contributed by atoms with E-state index < -0.39 is 17.7 Å². The number of halogens is 1. The third-order valence-electron chi connectivity index (χ3n) is 5.24. The van der Waals surface area contributed by atoms with E-state index in [4.69, 9.17) is 4.74 Å². The number of hydrogen-bond donors (Lipinski definition) is 3. The zero-order chi connectivity index (χ0) is 26.7. The highest BCUT2D eigenvalue weighted by atomic mass is 79.9. The first-order chi connectivity index (χ1) is 18.5. The molecule has 0 atom stereocenters. The van der Waals surface area contributed by atoms with Crippen molar-refractivity contribution in [1.29, 1.82) is 0 Å². The van der Waals surface area contributed by atoms with Crippen LogP contribution in [-0.2, 0) is 16.2 Å². The predicted octanol–water partition coefficient (Wildman–Crippen LogP) is 5.37. The number of para-hydroxylation sites is 2. The Kier molecular flexibility index (Phi) is 8.98. The standard InChI is InChI=1S/C29H23BrN4O4/c30-22-15-16-26(38-19-20-9-3-1-4-10-20)21(17-22)18-31-34-29(37)28(36)33-25-14-8-7-13-24(25)27(35)32-23-11-5-2-6-12-23/h1-18H,19H2,(H,32,35)(H,33,36)(H,34,37). The first-order valence-corrected chi connectivity index (χ1v) is 12.3. The van der Waals surface area contributed by atoms with E-state index in [1.807, 2.05) is 42.5 Å². The van der Waals surface area contributed by atoms with Gasteiger partial charge in [-0.2, -0.15) is 5.10 Å². The molecule has 0 bridgehead atoms. The summed E-state index contributed by atoms with van der Waals surface area (Å²) in [5.74, 6) is -1.85. The summed E-state index contributed by atoms with van der Waals surface area (Å²) < 4.78 is 6.69. The molecule has 0 aliphatic heterocycles. The van der Waals surface area contributed by atoms with Crippen molar-refractivity contribution < 1.29 is 19.1 Å². The van der Waals surface area contributed by atoms with E-state index in [2.05, 4.69) is 37.1 Å². The van der Waals surface area contributed by atoms with Crippen LogP contribution < -0.4 is 20.8 Å². The van der Waals surface area contributed by atoms with Gasteiger partial charge >= 0.3 is 11.8 Å². The SMILES string of the molecule is O=C(NN=Cc1cc(Br)ccc1OCc1ccccc1)C(=O)Nc1ccccc1C(=O)Nc1ccccc1. The van der Waals surface area contributed by atoms with Gasteiger partial charge in [0.25, 0.3) is 5.91 Å². The molecular weight excluding hydrogens is 548 g/mol. The van der Waals surface area contributed by atoms with Crippen LogP contribution in [-0.4, -0.2) is 23.9 Å². The zero-order valence-corrected chi connectivity index (χ0v) is 21.6. The largest absolute Gasteiger partial charge is 0.488 e. The molecule has 38 heavy (non-hydrogen) atoms. The van der Waals surface area contributed by atoms with Crippen molar-refractivity contribution >= 4 is 51.2 Å². The highest BCUT2D eigenvalue weighted by molar-refractivity contribution is 9.10. The fourth-order valence-electron chi connectivity index (χ4n) is 3.39. The number of nitrogens with one attached hydrogen (secondary N) is 3. The Labute approximate surface area is 227 Å². The van der Waals surface area contributed by atoms with Crippen molar-refractivity contribution in [3.05, 3.63) is 124 Å². The van der Waals surface area contributed by atoms with E-state index in [9.17, 15) is 14.4 Å². The molecule has 0 saturated heterocycles. The number of carbonyl (C=O) groups is 3. The van der Waals surface area contributed by atoms with Gasteiger partial charge in [-0.3, -0.25) is 14.4 Å². The lowest BCUT2D eigenvalue weighted by Gasteiger charge is -2.11. The number of hydrogen-bond acceptors (Lipinski definition) is 5. The summed E-state index contributed by atoms with van der Waals surface area (Å²) in [5.41, 5.74) is 4.80. The van der Waals surface area contributed by atoms with Crippen LogP contribution >= 0.6 is 15.9 Å². The molecule has 0 saturated carbocycles. The molecule has 3 amide bonds. The van der Waals surface area contributed by atoms with Crippen molar-refractivity contribution in [3.63, 3.8) is 0 Å². The molecule has 0 aliphatic carbocycles. The Bertz CT molecular complexity index is 1460. The number of carbonyl (C=O) groups excluding carboxylic acids is 3. The van der Waals surface area contributed by atoms with Crippen LogP contribution in [0.25, 0.3) is 0 Å². The number of amides is 3. The number of hydrazone groups is 1. The Morgan fingerprint density at radius 2 is 1.47 bits per heavy atom. The van der Waals surface area contributed by atoms with Gasteiger partial charge in [0, 0.05) is 15.7 Å². The molecule has 0 heterocycles. The van der Waals surface area contributed by atoms with Gasteiger partial charge in [-0.05, 0) is 48.0 Å². The lowest BCUT2D eigenvalue weighted by atomic mass is 10.1. The predicted molar refractivity (Wildman–Crippen MR) is 150 cm³/mol. The third-order valence-corrected chi connectivity index (χ3v) is 5.73. The molecule has 0 aliphatic rings. The van der Waals surface area contributed by atoms with Crippen LogP contribution in [0.4, 0.5) is 11.4 Å². The molecule has 8 nitrogen and oxygen atoms in total. The molecule has 4 rings (SSSR count). The maximum absolute atomic E-state index is 12.7. The molecule has 190 valence electrons. The quantitative estimate of drug-likeness (QED) is 0.150. The zero-order valence-electron chi connectivity index (χ0n) is 20.1. The van der Waals surface area contributed by atoms with Crippen molar-refractivity contribution in [3.8, 4) is 5.75 Å². The average Bonchev–Trinajstić information content (AvgIpc) is 2.94. The normalized spacial score (nSPS) is 10.6. The topological polar surface area (TPSA) is 109 Å². The van der Waals surface area contributed by atoms with Gasteiger partial charge in [0.05, 0.1) is 17.5 Å². The molecule has 0 spiro atoms. The second kappa shape index (κ2) is 13.0. The summed E-state index contributed by atoms with van der Waals surface area (Å²) in [6.07, 6.45) is 1.39. The molecule has 0 fully saturated rings. The van der Waals surface area contributed by atoms with Crippen molar-refractivity contribution in [2.45, 2.75) is 6.61 Å². The minimum Gasteiger partial charge on any atom is -0.488 e. The molecule has 4 aromatic carbocycles. The van der Waals surface area contributed by atoms with E-state index in [0.717, 1.165) is 10.0 Å². The third kappa shape index (κ3) is 7.37.